The van der Waals surface area contributed by atoms with Crippen LogP contribution in [0.25, 0.3) is 0 Å². The second-order valence-electron chi connectivity index (χ2n) is 2.68. The molecule has 1 aromatic rings. The van der Waals surface area contributed by atoms with Gasteiger partial charge in [0.05, 0.1) is 9.98 Å². The quantitative estimate of drug-likeness (QED) is 0.832. The molecule has 0 spiro atoms. The number of nitrogens with zero attached hydrogens (tertiary/aromatic N) is 1. The van der Waals surface area contributed by atoms with Crippen molar-refractivity contribution in [1.82, 2.24) is 4.98 Å². The zero-order chi connectivity index (χ0) is 9.84. The number of rotatable bonds is 2. The van der Waals surface area contributed by atoms with Crippen LogP contribution in [0.1, 0.15) is 13.8 Å². The summed E-state index contributed by atoms with van der Waals surface area (Å²) in [6, 6.07) is 0. The molecule has 3 nitrogen and oxygen atoms in total. The van der Waals surface area contributed by atoms with Crippen molar-refractivity contribution in [3.63, 3.8) is 0 Å². The Morgan fingerprint density at radius 1 is 1.69 bits per heavy atom. The Morgan fingerprint density at radius 2 is 2.38 bits per heavy atom. The molecule has 0 fully saturated rings. The maximum atomic E-state index is 11.2. The van der Waals surface area contributed by atoms with E-state index in [4.69, 9.17) is 0 Å². The first-order valence-electron chi connectivity index (χ1n) is 3.65. The van der Waals surface area contributed by atoms with E-state index in [2.05, 4.69) is 26.2 Å². The zero-order valence-corrected chi connectivity index (χ0v) is 9.70. The van der Waals surface area contributed by atoms with Crippen molar-refractivity contribution >= 4 is 38.3 Å². The molecular weight excluding hydrogens is 252 g/mol. The largest absolute Gasteiger partial charge is 0.298 e. The van der Waals surface area contributed by atoms with E-state index in [1.54, 1.807) is 6.20 Å². The van der Waals surface area contributed by atoms with Crippen LogP contribution in [0, 0.1) is 0 Å². The number of thiazole rings is 1. The lowest BCUT2D eigenvalue weighted by molar-refractivity contribution is -0.111. The number of carbonyl (C=O) groups is 1. The summed E-state index contributed by atoms with van der Waals surface area (Å²) in [5, 5.41) is 3.26. The summed E-state index contributed by atoms with van der Waals surface area (Å²) in [6.45, 7) is 3.74. The molecule has 1 heterocycles. The van der Waals surface area contributed by atoms with E-state index in [0.29, 0.717) is 5.13 Å². The van der Waals surface area contributed by atoms with Crippen molar-refractivity contribution in [2.75, 3.05) is 5.32 Å². The Hall–Kier alpha value is -0.680. The molecule has 0 unspecified atom stereocenters. The Bertz CT molecular complexity index is 342. The number of amides is 1. The fraction of sp³-hybridized carbons (Fsp3) is 0.250. The lowest BCUT2D eigenvalue weighted by atomic mass is 10.3. The molecular formula is C8H9BrN2OS. The Labute approximate surface area is 89.0 Å². The summed E-state index contributed by atoms with van der Waals surface area (Å²) >= 11 is 4.65. The van der Waals surface area contributed by atoms with Gasteiger partial charge in [0, 0.05) is 6.08 Å². The molecule has 1 aromatic heterocycles. The summed E-state index contributed by atoms with van der Waals surface area (Å²) < 4.78 is 0.903. The van der Waals surface area contributed by atoms with Gasteiger partial charge in [0.15, 0.2) is 5.13 Å². The lowest BCUT2D eigenvalue weighted by Crippen LogP contribution is -2.07. The molecule has 0 saturated carbocycles. The minimum absolute atomic E-state index is 0.137. The van der Waals surface area contributed by atoms with E-state index in [-0.39, 0.29) is 5.91 Å². The third kappa shape index (κ3) is 3.69. The molecule has 1 rings (SSSR count). The number of carbonyl (C=O) groups excluding carboxylic acids is 1. The van der Waals surface area contributed by atoms with Gasteiger partial charge in [-0.1, -0.05) is 16.9 Å². The second-order valence-corrected chi connectivity index (χ2v) is 5.09. The Kier molecular flexibility index (Phi) is 3.62. The first kappa shape index (κ1) is 10.4. The number of nitrogens with one attached hydrogen (secondary N) is 1. The van der Waals surface area contributed by atoms with Crippen molar-refractivity contribution < 1.29 is 4.79 Å². The molecule has 1 amide bonds. The van der Waals surface area contributed by atoms with Crippen LogP contribution in [0.5, 0.6) is 0 Å². The van der Waals surface area contributed by atoms with Crippen molar-refractivity contribution in [1.29, 1.82) is 0 Å². The number of aromatic nitrogens is 1. The monoisotopic (exact) mass is 260 g/mol. The van der Waals surface area contributed by atoms with Crippen molar-refractivity contribution in [3.8, 4) is 0 Å². The van der Waals surface area contributed by atoms with Crippen LogP contribution in [-0.2, 0) is 4.79 Å². The van der Waals surface area contributed by atoms with Gasteiger partial charge in [-0.15, -0.1) is 0 Å². The lowest BCUT2D eigenvalue weighted by Gasteiger charge is -1.95. The van der Waals surface area contributed by atoms with Gasteiger partial charge in [0.25, 0.3) is 0 Å². The van der Waals surface area contributed by atoms with Crippen LogP contribution in [0.4, 0.5) is 5.13 Å². The predicted octanol–water partition coefficient (Wildman–Crippen LogP) is 2.81. The minimum Gasteiger partial charge on any atom is -0.298 e. The zero-order valence-electron chi connectivity index (χ0n) is 7.30. The van der Waals surface area contributed by atoms with E-state index in [1.807, 2.05) is 13.8 Å². The third-order valence-corrected chi connectivity index (χ3v) is 2.52. The number of anilines is 1. The average molecular weight is 261 g/mol. The van der Waals surface area contributed by atoms with Crippen molar-refractivity contribution in [2.24, 2.45) is 0 Å². The number of hydrogen-bond acceptors (Lipinski definition) is 3. The molecule has 0 aliphatic rings. The number of hydrogen-bond donors (Lipinski definition) is 1. The van der Waals surface area contributed by atoms with Crippen LogP contribution >= 0.6 is 27.3 Å². The minimum atomic E-state index is -0.137. The van der Waals surface area contributed by atoms with Gasteiger partial charge in [0.1, 0.15) is 0 Å². The van der Waals surface area contributed by atoms with Crippen LogP contribution in [0.3, 0.4) is 0 Å². The molecule has 0 bridgehead atoms. The standard InChI is InChI=1S/C8H9BrN2OS/c1-5(2)3-7(12)11-8-10-4-6(9)13-8/h3-4H,1-2H3,(H,10,11,12). The van der Waals surface area contributed by atoms with Gasteiger partial charge in [-0.05, 0) is 29.8 Å². The van der Waals surface area contributed by atoms with Crippen molar-refractivity contribution in [2.45, 2.75) is 13.8 Å². The summed E-state index contributed by atoms with van der Waals surface area (Å²) in [7, 11) is 0. The fourth-order valence-electron chi connectivity index (χ4n) is 0.716. The molecule has 0 aliphatic carbocycles. The van der Waals surface area contributed by atoms with Crippen LogP contribution in [0.15, 0.2) is 21.6 Å². The Balaban J connectivity index is 2.60. The molecule has 0 aromatic carbocycles. The third-order valence-electron chi connectivity index (χ3n) is 1.13. The highest BCUT2D eigenvalue weighted by Crippen LogP contribution is 2.22. The van der Waals surface area contributed by atoms with Gasteiger partial charge in [-0.2, -0.15) is 0 Å². The van der Waals surface area contributed by atoms with E-state index in [1.165, 1.54) is 17.4 Å². The van der Waals surface area contributed by atoms with Gasteiger partial charge >= 0.3 is 0 Å². The molecule has 0 radical (unpaired) electrons. The first-order valence-corrected chi connectivity index (χ1v) is 5.26. The molecule has 0 aliphatic heterocycles. The molecule has 5 heteroatoms. The molecule has 1 N–H and O–H groups in total. The normalized spacial score (nSPS) is 9.46. The van der Waals surface area contributed by atoms with E-state index >= 15 is 0 Å². The fourth-order valence-corrected chi connectivity index (χ4v) is 1.83. The van der Waals surface area contributed by atoms with Crippen LogP contribution in [-0.4, -0.2) is 10.9 Å². The summed E-state index contributed by atoms with van der Waals surface area (Å²) in [5.41, 5.74) is 0.966. The topological polar surface area (TPSA) is 42.0 Å². The molecule has 0 atom stereocenters. The highest BCUT2D eigenvalue weighted by Gasteiger charge is 2.02. The highest BCUT2D eigenvalue weighted by atomic mass is 79.9. The van der Waals surface area contributed by atoms with Crippen LogP contribution < -0.4 is 5.32 Å². The van der Waals surface area contributed by atoms with Gasteiger partial charge in [-0.3, -0.25) is 10.1 Å². The average Bonchev–Trinajstić information content (AvgIpc) is 2.33. The highest BCUT2D eigenvalue weighted by molar-refractivity contribution is 9.11. The van der Waals surface area contributed by atoms with Gasteiger partial charge < -0.3 is 0 Å². The van der Waals surface area contributed by atoms with Gasteiger partial charge in [0.2, 0.25) is 5.91 Å². The second kappa shape index (κ2) is 4.53. The maximum Gasteiger partial charge on any atom is 0.250 e. The summed E-state index contributed by atoms with van der Waals surface area (Å²) in [5.74, 6) is -0.137. The maximum absolute atomic E-state index is 11.2. The Morgan fingerprint density at radius 3 is 2.85 bits per heavy atom. The van der Waals surface area contributed by atoms with Crippen molar-refractivity contribution in [3.05, 3.63) is 21.6 Å². The molecule has 0 saturated heterocycles. The molecule has 70 valence electrons. The van der Waals surface area contributed by atoms with Crippen LogP contribution in [0.2, 0.25) is 0 Å². The predicted molar refractivity (Wildman–Crippen MR) is 57.9 cm³/mol. The van der Waals surface area contributed by atoms with E-state index < -0.39 is 0 Å². The summed E-state index contributed by atoms with van der Waals surface area (Å²) in [4.78, 5) is 15.2. The van der Waals surface area contributed by atoms with Gasteiger partial charge in [-0.25, -0.2) is 4.98 Å². The first-order chi connectivity index (χ1) is 6.08. The number of allylic oxidation sites excluding steroid dienone is 1. The summed E-state index contributed by atoms with van der Waals surface area (Å²) in [6.07, 6.45) is 3.19. The molecule has 13 heavy (non-hydrogen) atoms. The van der Waals surface area contributed by atoms with E-state index in [0.717, 1.165) is 9.36 Å². The van der Waals surface area contributed by atoms with E-state index in [9.17, 15) is 4.79 Å². The number of halogens is 1. The SMILES string of the molecule is CC(C)=CC(=O)Nc1ncc(Br)s1. The smallest absolute Gasteiger partial charge is 0.250 e.